The van der Waals surface area contributed by atoms with Crippen LogP contribution in [-0.4, -0.2) is 12.4 Å². The van der Waals surface area contributed by atoms with Crippen LogP contribution < -0.4 is 4.74 Å². The molecule has 0 fully saturated rings. The van der Waals surface area contributed by atoms with Crippen molar-refractivity contribution >= 4 is 11.8 Å². The van der Waals surface area contributed by atoms with Crippen LogP contribution >= 0.6 is 11.8 Å². The van der Waals surface area contributed by atoms with Crippen LogP contribution in [0.15, 0.2) is 23.1 Å². The van der Waals surface area contributed by atoms with Crippen LogP contribution in [0, 0.1) is 0 Å². The third-order valence-electron chi connectivity index (χ3n) is 3.93. The Balaban J connectivity index is 1.94. The Bertz CT molecular complexity index is 412. The summed E-state index contributed by atoms with van der Waals surface area (Å²) in [6, 6.07) is 6.77. The topological polar surface area (TPSA) is 9.23 Å². The van der Waals surface area contributed by atoms with Crippen molar-refractivity contribution in [3.63, 3.8) is 0 Å². The Morgan fingerprint density at radius 2 is 2.05 bits per heavy atom. The van der Waals surface area contributed by atoms with Gasteiger partial charge in [0, 0.05) is 4.90 Å². The van der Waals surface area contributed by atoms with Gasteiger partial charge in [-0.1, -0.05) is 46.1 Å². The average molecular weight is 278 g/mol. The van der Waals surface area contributed by atoms with Crippen molar-refractivity contribution in [2.75, 3.05) is 12.4 Å². The van der Waals surface area contributed by atoms with E-state index in [2.05, 4.69) is 39.0 Å². The maximum Gasteiger partial charge on any atom is 0.124 e. The number of hydrogen-bond acceptors (Lipinski definition) is 2. The van der Waals surface area contributed by atoms with Crippen molar-refractivity contribution in [3.05, 3.63) is 23.8 Å². The van der Waals surface area contributed by atoms with Crippen LogP contribution in [0.1, 0.15) is 58.4 Å². The van der Waals surface area contributed by atoms with E-state index in [1.807, 2.05) is 11.8 Å². The number of ether oxygens (including phenoxy) is 1. The summed E-state index contributed by atoms with van der Waals surface area (Å²) in [6.45, 7) is 7.73. The van der Waals surface area contributed by atoms with Gasteiger partial charge in [-0.25, -0.2) is 0 Å². The SMILES string of the molecule is CCCCCCSc1ccc2c(c1)OCCC2(C)C. The minimum atomic E-state index is 0.262. The maximum absolute atomic E-state index is 5.83. The average Bonchev–Trinajstić information content (AvgIpc) is 2.38. The molecule has 1 aliphatic rings. The van der Waals surface area contributed by atoms with Crippen molar-refractivity contribution in [1.82, 2.24) is 0 Å². The molecule has 0 saturated heterocycles. The molecule has 2 heteroatoms. The molecule has 0 atom stereocenters. The Labute approximate surface area is 122 Å². The molecule has 0 unspecified atom stereocenters. The number of unbranched alkanes of at least 4 members (excludes halogenated alkanes) is 3. The molecular formula is C17H26OS. The van der Waals surface area contributed by atoms with E-state index < -0.39 is 0 Å². The van der Waals surface area contributed by atoms with E-state index in [1.165, 1.54) is 41.9 Å². The van der Waals surface area contributed by atoms with E-state index >= 15 is 0 Å². The van der Waals surface area contributed by atoms with Gasteiger partial charge in [-0.15, -0.1) is 11.8 Å². The van der Waals surface area contributed by atoms with Gasteiger partial charge >= 0.3 is 0 Å². The second-order valence-corrected chi connectivity index (χ2v) is 7.22. The Morgan fingerprint density at radius 1 is 1.21 bits per heavy atom. The molecule has 0 N–H and O–H groups in total. The zero-order valence-corrected chi connectivity index (χ0v) is 13.3. The van der Waals surface area contributed by atoms with Crippen molar-refractivity contribution in [2.45, 2.75) is 63.2 Å². The highest BCUT2D eigenvalue weighted by Crippen LogP contribution is 2.40. The summed E-state index contributed by atoms with van der Waals surface area (Å²) in [4.78, 5) is 1.35. The fourth-order valence-electron chi connectivity index (χ4n) is 2.54. The summed E-state index contributed by atoms with van der Waals surface area (Å²) < 4.78 is 5.83. The van der Waals surface area contributed by atoms with Crippen LogP contribution in [0.5, 0.6) is 5.75 Å². The van der Waals surface area contributed by atoms with Crippen molar-refractivity contribution in [3.8, 4) is 5.75 Å². The molecule has 1 aromatic carbocycles. The standard InChI is InChI=1S/C17H26OS/c1-4-5-6-7-12-19-14-8-9-15-16(13-14)18-11-10-17(15,2)3/h8-9,13H,4-7,10-12H2,1-3H3. The van der Waals surface area contributed by atoms with Gasteiger partial charge in [-0.2, -0.15) is 0 Å². The van der Waals surface area contributed by atoms with Crippen LogP contribution in [0.3, 0.4) is 0 Å². The van der Waals surface area contributed by atoms with E-state index in [0.717, 1.165) is 18.8 Å². The van der Waals surface area contributed by atoms with Gasteiger partial charge in [0.25, 0.3) is 0 Å². The Morgan fingerprint density at radius 3 is 2.84 bits per heavy atom. The first kappa shape index (κ1) is 14.8. The van der Waals surface area contributed by atoms with Crippen LogP contribution in [-0.2, 0) is 5.41 Å². The second kappa shape index (κ2) is 6.69. The highest BCUT2D eigenvalue weighted by atomic mass is 32.2. The van der Waals surface area contributed by atoms with Gasteiger partial charge < -0.3 is 4.74 Å². The van der Waals surface area contributed by atoms with Crippen LogP contribution in [0.2, 0.25) is 0 Å². The Hall–Kier alpha value is -0.630. The molecule has 0 bridgehead atoms. The fraction of sp³-hybridized carbons (Fsp3) is 0.647. The normalized spacial score (nSPS) is 16.8. The van der Waals surface area contributed by atoms with Crippen LogP contribution in [0.4, 0.5) is 0 Å². The lowest BCUT2D eigenvalue weighted by molar-refractivity contribution is 0.233. The first-order valence-corrected chi connectivity index (χ1v) is 8.52. The zero-order chi connectivity index (χ0) is 13.7. The molecule has 0 saturated carbocycles. The van der Waals surface area contributed by atoms with E-state index in [9.17, 15) is 0 Å². The highest BCUT2D eigenvalue weighted by molar-refractivity contribution is 7.99. The summed E-state index contributed by atoms with van der Waals surface area (Å²) in [5, 5.41) is 0. The first-order chi connectivity index (χ1) is 9.13. The van der Waals surface area contributed by atoms with Gasteiger partial charge in [0.1, 0.15) is 5.75 Å². The quantitative estimate of drug-likeness (QED) is 0.507. The number of benzene rings is 1. The molecule has 1 aromatic rings. The van der Waals surface area contributed by atoms with Gasteiger partial charge in [-0.3, -0.25) is 0 Å². The molecule has 0 radical (unpaired) electrons. The Kier molecular flexibility index (Phi) is 5.20. The van der Waals surface area contributed by atoms with E-state index in [4.69, 9.17) is 4.74 Å². The van der Waals surface area contributed by atoms with Crippen molar-refractivity contribution < 1.29 is 4.74 Å². The summed E-state index contributed by atoms with van der Waals surface area (Å²) in [6.07, 6.45) is 6.47. The zero-order valence-electron chi connectivity index (χ0n) is 12.5. The molecule has 0 aliphatic carbocycles. The summed E-state index contributed by atoms with van der Waals surface area (Å²) in [7, 11) is 0. The predicted octanol–water partition coefficient (Wildman–Crippen LogP) is 5.42. The molecule has 1 nitrogen and oxygen atoms in total. The molecular weight excluding hydrogens is 252 g/mol. The third-order valence-corrected chi connectivity index (χ3v) is 5.01. The largest absolute Gasteiger partial charge is 0.493 e. The minimum Gasteiger partial charge on any atom is -0.493 e. The van der Waals surface area contributed by atoms with Crippen molar-refractivity contribution in [2.24, 2.45) is 0 Å². The molecule has 1 aliphatic heterocycles. The second-order valence-electron chi connectivity index (χ2n) is 6.05. The summed E-state index contributed by atoms with van der Waals surface area (Å²) >= 11 is 1.96. The fourth-order valence-corrected chi connectivity index (χ4v) is 3.48. The molecule has 106 valence electrons. The smallest absolute Gasteiger partial charge is 0.124 e. The third kappa shape index (κ3) is 3.92. The molecule has 1 heterocycles. The summed E-state index contributed by atoms with van der Waals surface area (Å²) in [5.41, 5.74) is 1.63. The highest BCUT2D eigenvalue weighted by Gasteiger charge is 2.28. The monoisotopic (exact) mass is 278 g/mol. The van der Waals surface area contributed by atoms with Crippen molar-refractivity contribution in [1.29, 1.82) is 0 Å². The van der Waals surface area contributed by atoms with Gasteiger partial charge in [0.15, 0.2) is 0 Å². The lowest BCUT2D eigenvalue weighted by atomic mass is 9.80. The number of hydrogen-bond donors (Lipinski definition) is 0. The number of thioether (sulfide) groups is 1. The van der Waals surface area contributed by atoms with E-state index in [0.29, 0.717) is 0 Å². The number of fused-ring (bicyclic) bond motifs is 1. The van der Waals surface area contributed by atoms with E-state index in [1.54, 1.807) is 0 Å². The lowest BCUT2D eigenvalue weighted by Gasteiger charge is -2.32. The molecule has 0 aromatic heterocycles. The number of rotatable bonds is 6. The molecule has 2 rings (SSSR count). The minimum absolute atomic E-state index is 0.262. The predicted molar refractivity (Wildman–Crippen MR) is 84.4 cm³/mol. The molecule has 19 heavy (non-hydrogen) atoms. The molecule has 0 spiro atoms. The van der Waals surface area contributed by atoms with Gasteiger partial charge in [0.2, 0.25) is 0 Å². The van der Waals surface area contributed by atoms with Gasteiger partial charge in [0.05, 0.1) is 6.61 Å². The molecule has 0 amide bonds. The first-order valence-electron chi connectivity index (χ1n) is 7.53. The van der Waals surface area contributed by atoms with Crippen LogP contribution in [0.25, 0.3) is 0 Å². The lowest BCUT2D eigenvalue weighted by Crippen LogP contribution is -2.26. The van der Waals surface area contributed by atoms with Gasteiger partial charge in [-0.05, 0) is 41.7 Å². The maximum atomic E-state index is 5.83. The summed E-state index contributed by atoms with van der Waals surface area (Å²) in [5.74, 6) is 2.33. The van der Waals surface area contributed by atoms with E-state index in [-0.39, 0.29) is 5.41 Å².